The maximum Gasteiger partial charge on any atom is 0.119 e. The Morgan fingerprint density at radius 3 is 2.96 bits per heavy atom. The van der Waals surface area contributed by atoms with E-state index in [-0.39, 0.29) is 18.6 Å². The quantitative estimate of drug-likeness (QED) is 0.785. The molecule has 1 aromatic heterocycles. The van der Waals surface area contributed by atoms with Gasteiger partial charge in [-0.3, -0.25) is 14.9 Å². The zero-order valence-corrected chi connectivity index (χ0v) is 13.6. The molecule has 6 nitrogen and oxygen atoms in total. The van der Waals surface area contributed by atoms with Crippen molar-refractivity contribution in [3.05, 3.63) is 54.1 Å². The summed E-state index contributed by atoms with van der Waals surface area (Å²) in [7, 11) is 0. The molecule has 1 aromatic carbocycles. The Bertz CT molecular complexity index is 638. The number of aromatic nitrogens is 2. The Hall–Kier alpha value is -2.02. The highest BCUT2D eigenvalue weighted by Crippen LogP contribution is 2.23. The van der Waals surface area contributed by atoms with E-state index in [0.29, 0.717) is 13.2 Å². The van der Waals surface area contributed by atoms with Crippen LogP contribution in [0, 0.1) is 5.92 Å². The standard InChI is InChI=1S/C18H23N3O3/c22-6-7-24-17-3-1-2-14(8-17)11-21-12-15(18(23)13-21)9-16-10-19-4-5-20-16/h1-5,8,10,15,18,22-23H,6-7,9,11-13H2/t15-,18-/m1/s1. The highest BCUT2D eigenvalue weighted by molar-refractivity contribution is 5.28. The Balaban J connectivity index is 1.57. The number of hydrogen-bond donors (Lipinski definition) is 2. The van der Waals surface area contributed by atoms with Crippen molar-refractivity contribution >= 4 is 0 Å². The maximum atomic E-state index is 10.3. The van der Waals surface area contributed by atoms with Crippen molar-refractivity contribution in [1.29, 1.82) is 0 Å². The van der Waals surface area contributed by atoms with E-state index in [2.05, 4.69) is 14.9 Å². The van der Waals surface area contributed by atoms with Gasteiger partial charge in [0.2, 0.25) is 0 Å². The Kier molecular flexibility index (Phi) is 5.74. The largest absolute Gasteiger partial charge is 0.491 e. The van der Waals surface area contributed by atoms with Crippen molar-refractivity contribution in [2.24, 2.45) is 5.92 Å². The molecule has 1 aliphatic heterocycles. The fourth-order valence-corrected chi connectivity index (χ4v) is 3.13. The molecule has 1 fully saturated rings. The predicted molar refractivity (Wildman–Crippen MR) is 89.5 cm³/mol. The van der Waals surface area contributed by atoms with Crippen LogP contribution in [0.15, 0.2) is 42.9 Å². The van der Waals surface area contributed by atoms with Crippen LogP contribution in [-0.2, 0) is 13.0 Å². The molecule has 128 valence electrons. The molecule has 6 heteroatoms. The molecule has 0 amide bonds. The summed E-state index contributed by atoms with van der Waals surface area (Å²) < 4.78 is 5.45. The summed E-state index contributed by atoms with van der Waals surface area (Å²) in [6.45, 7) is 2.56. The van der Waals surface area contributed by atoms with Crippen molar-refractivity contribution < 1.29 is 14.9 Å². The van der Waals surface area contributed by atoms with Crippen LogP contribution in [0.2, 0.25) is 0 Å². The first kappa shape index (κ1) is 16.8. The van der Waals surface area contributed by atoms with Crippen molar-refractivity contribution in [1.82, 2.24) is 14.9 Å². The van der Waals surface area contributed by atoms with Gasteiger partial charge in [-0.1, -0.05) is 12.1 Å². The summed E-state index contributed by atoms with van der Waals surface area (Å²) in [5, 5.41) is 19.2. The van der Waals surface area contributed by atoms with Crippen molar-refractivity contribution in [3.8, 4) is 5.75 Å². The van der Waals surface area contributed by atoms with Gasteiger partial charge in [-0.2, -0.15) is 0 Å². The monoisotopic (exact) mass is 329 g/mol. The minimum absolute atomic E-state index is 0.00655. The molecule has 1 aliphatic rings. The van der Waals surface area contributed by atoms with Crippen LogP contribution in [0.3, 0.4) is 0 Å². The summed E-state index contributed by atoms with van der Waals surface area (Å²) in [4.78, 5) is 10.6. The summed E-state index contributed by atoms with van der Waals surface area (Å²) >= 11 is 0. The third kappa shape index (κ3) is 4.50. The lowest BCUT2D eigenvalue weighted by Crippen LogP contribution is -2.21. The minimum atomic E-state index is -0.346. The number of rotatable bonds is 7. The van der Waals surface area contributed by atoms with E-state index < -0.39 is 0 Å². The molecule has 24 heavy (non-hydrogen) atoms. The van der Waals surface area contributed by atoms with Crippen molar-refractivity contribution in [3.63, 3.8) is 0 Å². The number of hydrogen-bond acceptors (Lipinski definition) is 6. The third-order valence-corrected chi connectivity index (χ3v) is 4.23. The molecule has 3 rings (SSSR count). The number of nitrogens with zero attached hydrogens (tertiary/aromatic N) is 3. The average molecular weight is 329 g/mol. The van der Waals surface area contributed by atoms with Crippen LogP contribution in [0.5, 0.6) is 5.75 Å². The number of ether oxygens (including phenoxy) is 1. The molecule has 0 radical (unpaired) electrons. The SMILES string of the molecule is OCCOc1cccc(CN2C[C@@H](Cc3cnccn3)[C@H](O)C2)c1. The zero-order valence-electron chi connectivity index (χ0n) is 13.6. The molecule has 0 bridgehead atoms. The van der Waals surface area contributed by atoms with E-state index in [1.54, 1.807) is 18.6 Å². The van der Waals surface area contributed by atoms with E-state index in [0.717, 1.165) is 36.5 Å². The fourth-order valence-electron chi connectivity index (χ4n) is 3.13. The van der Waals surface area contributed by atoms with E-state index in [1.165, 1.54) is 0 Å². The normalized spacial score (nSPS) is 21.1. The van der Waals surface area contributed by atoms with Gasteiger partial charge in [0.05, 0.1) is 18.4 Å². The minimum Gasteiger partial charge on any atom is -0.491 e. The van der Waals surface area contributed by atoms with Gasteiger partial charge in [0.1, 0.15) is 12.4 Å². The van der Waals surface area contributed by atoms with Gasteiger partial charge in [0.15, 0.2) is 0 Å². The summed E-state index contributed by atoms with van der Waals surface area (Å²) in [5.74, 6) is 0.938. The van der Waals surface area contributed by atoms with Crippen LogP contribution in [0.25, 0.3) is 0 Å². The fraction of sp³-hybridized carbons (Fsp3) is 0.444. The average Bonchev–Trinajstić information content (AvgIpc) is 2.93. The van der Waals surface area contributed by atoms with Gasteiger partial charge in [-0.25, -0.2) is 0 Å². The Labute approximate surface area is 141 Å². The van der Waals surface area contributed by atoms with E-state index in [9.17, 15) is 5.11 Å². The number of benzene rings is 1. The van der Waals surface area contributed by atoms with E-state index >= 15 is 0 Å². The lowest BCUT2D eigenvalue weighted by Gasteiger charge is -2.16. The molecule has 2 atom stereocenters. The maximum absolute atomic E-state index is 10.3. The first-order valence-corrected chi connectivity index (χ1v) is 8.22. The van der Waals surface area contributed by atoms with Gasteiger partial charge in [0.25, 0.3) is 0 Å². The molecule has 2 N–H and O–H groups in total. The summed E-state index contributed by atoms with van der Waals surface area (Å²) in [6.07, 6.45) is 5.50. The number of β-amino-alcohol motifs (C(OH)–C–C–N with tert-alkyl or cyclic N) is 1. The first-order chi connectivity index (χ1) is 11.7. The molecule has 0 saturated carbocycles. The van der Waals surface area contributed by atoms with Crippen LogP contribution in [-0.4, -0.2) is 57.5 Å². The zero-order chi connectivity index (χ0) is 16.8. The third-order valence-electron chi connectivity index (χ3n) is 4.23. The number of likely N-dealkylation sites (tertiary alicyclic amines) is 1. The lowest BCUT2D eigenvalue weighted by atomic mass is 10.0. The molecule has 0 unspecified atom stereocenters. The van der Waals surface area contributed by atoms with E-state index in [1.807, 2.05) is 24.3 Å². The molecule has 2 heterocycles. The number of aliphatic hydroxyl groups excluding tert-OH is 2. The highest BCUT2D eigenvalue weighted by atomic mass is 16.5. The van der Waals surface area contributed by atoms with Crippen LogP contribution < -0.4 is 4.74 Å². The first-order valence-electron chi connectivity index (χ1n) is 8.22. The molecule has 1 saturated heterocycles. The molecule has 2 aromatic rings. The topological polar surface area (TPSA) is 78.7 Å². The van der Waals surface area contributed by atoms with Crippen LogP contribution in [0.4, 0.5) is 0 Å². The predicted octanol–water partition coefficient (Wildman–Crippen LogP) is 0.883. The smallest absolute Gasteiger partial charge is 0.119 e. The highest BCUT2D eigenvalue weighted by Gasteiger charge is 2.31. The second-order valence-corrected chi connectivity index (χ2v) is 6.14. The van der Waals surface area contributed by atoms with Gasteiger partial charge < -0.3 is 14.9 Å². The van der Waals surface area contributed by atoms with Crippen LogP contribution >= 0.6 is 0 Å². The molecule has 0 spiro atoms. The van der Waals surface area contributed by atoms with Gasteiger partial charge >= 0.3 is 0 Å². The van der Waals surface area contributed by atoms with Crippen molar-refractivity contribution in [2.45, 2.75) is 19.1 Å². The van der Waals surface area contributed by atoms with Crippen molar-refractivity contribution in [2.75, 3.05) is 26.3 Å². The van der Waals surface area contributed by atoms with Gasteiger partial charge in [-0.05, 0) is 24.1 Å². The number of aliphatic hydroxyl groups is 2. The molecular weight excluding hydrogens is 306 g/mol. The van der Waals surface area contributed by atoms with E-state index in [4.69, 9.17) is 9.84 Å². The Morgan fingerprint density at radius 2 is 2.17 bits per heavy atom. The van der Waals surface area contributed by atoms with Gasteiger partial charge in [-0.15, -0.1) is 0 Å². The summed E-state index contributed by atoms with van der Waals surface area (Å²) in [5.41, 5.74) is 2.06. The second-order valence-electron chi connectivity index (χ2n) is 6.14. The lowest BCUT2D eigenvalue weighted by molar-refractivity contribution is 0.140. The summed E-state index contributed by atoms with van der Waals surface area (Å²) in [6, 6.07) is 7.87. The van der Waals surface area contributed by atoms with Crippen LogP contribution in [0.1, 0.15) is 11.3 Å². The second kappa shape index (κ2) is 8.19. The molecular formula is C18H23N3O3. The van der Waals surface area contributed by atoms with Gasteiger partial charge in [0, 0.05) is 44.1 Å². The molecule has 0 aliphatic carbocycles. The Morgan fingerprint density at radius 1 is 1.25 bits per heavy atom.